The molecule has 1 N–H and O–H groups in total. The third-order valence-electron chi connectivity index (χ3n) is 5.59. The molecule has 1 amide bonds. The summed E-state index contributed by atoms with van der Waals surface area (Å²) in [5.74, 6) is -0.110. The normalized spacial score (nSPS) is 11.8. The molecule has 6 nitrogen and oxygen atoms in total. The molecule has 4 aromatic rings. The summed E-state index contributed by atoms with van der Waals surface area (Å²) in [6.07, 6.45) is -4.82. The Kier molecular flexibility index (Phi) is 8.13. The topological polar surface area (TPSA) is 75.7 Å². The number of sulfonamides is 1. The van der Waals surface area contributed by atoms with E-state index in [1.54, 1.807) is 12.1 Å². The van der Waals surface area contributed by atoms with Crippen LogP contribution in [0.15, 0.2) is 95.9 Å². The first kappa shape index (κ1) is 27.3. The highest BCUT2D eigenvalue weighted by Crippen LogP contribution is 2.38. The number of halogens is 4. The molecule has 0 aliphatic rings. The summed E-state index contributed by atoms with van der Waals surface area (Å²) in [7, 11) is -4.39. The van der Waals surface area contributed by atoms with Crippen molar-refractivity contribution < 1.29 is 31.1 Å². The van der Waals surface area contributed by atoms with E-state index in [1.165, 1.54) is 24.3 Å². The standard InChI is InChI=1S/C27H22ClF3N2O4S/c28-24-14-13-20(17-23(24)27(29,30)31)33(38(35,36)21-9-2-1-3-10-21)18-26(34)32-15-16-37-25-12-6-8-19-7-4-5-11-22(19)25/h1-14,17H,15-16,18H2,(H,32,34). The van der Waals surface area contributed by atoms with Gasteiger partial charge in [0.2, 0.25) is 5.91 Å². The molecule has 0 radical (unpaired) electrons. The quantitative estimate of drug-likeness (QED) is 0.258. The van der Waals surface area contributed by atoms with Gasteiger partial charge in [0.25, 0.3) is 10.0 Å². The van der Waals surface area contributed by atoms with Crippen molar-refractivity contribution >= 4 is 44.0 Å². The summed E-state index contributed by atoms with van der Waals surface area (Å²) in [5, 5.41) is 3.85. The van der Waals surface area contributed by atoms with Crippen molar-refractivity contribution in [3.05, 3.63) is 102 Å². The van der Waals surface area contributed by atoms with Crippen LogP contribution >= 0.6 is 11.6 Å². The van der Waals surface area contributed by atoms with E-state index in [1.807, 2.05) is 36.4 Å². The maximum atomic E-state index is 13.5. The Morgan fingerprint density at radius 2 is 1.61 bits per heavy atom. The highest BCUT2D eigenvalue weighted by Gasteiger charge is 2.35. The minimum atomic E-state index is -4.82. The number of benzene rings is 4. The van der Waals surface area contributed by atoms with E-state index < -0.39 is 39.2 Å². The molecule has 4 aromatic carbocycles. The summed E-state index contributed by atoms with van der Waals surface area (Å²) < 4.78 is 73.5. The van der Waals surface area contributed by atoms with E-state index in [4.69, 9.17) is 16.3 Å². The van der Waals surface area contributed by atoms with E-state index in [2.05, 4.69) is 5.32 Å². The number of fused-ring (bicyclic) bond motifs is 1. The van der Waals surface area contributed by atoms with Gasteiger partial charge in [0.1, 0.15) is 18.9 Å². The van der Waals surface area contributed by atoms with Crippen LogP contribution in [0, 0.1) is 0 Å². The summed E-state index contributed by atoms with van der Waals surface area (Å²) in [5.41, 5.74) is -1.57. The van der Waals surface area contributed by atoms with Gasteiger partial charge in [0, 0.05) is 5.39 Å². The third-order valence-corrected chi connectivity index (χ3v) is 7.71. The van der Waals surface area contributed by atoms with Gasteiger partial charge in [-0.15, -0.1) is 0 Å². The zero-order valence-corrected chi connectivity index (χ0v) is 21.4. The number of nitrogens with one attached hydrogen (secondary N) is 1. The Hall–Kier alpha value is -3.76. The van der Waals surface area contributed by atoms with E-state index in [9.17, 15) is 26.4 Å². The fourth-order valence-corrected chi connectivity index (χ4v) is 5.44. The fraction of sp³-hybridized carbons (Fsp3) is 0.148. The number of carbonyl (C=O) groups excluding carboxylic acids is 1. The van der Waals surface area contributed by atoms with Gasteiger partial charge in [-0.25, -0.2) is 8.42 Å². The Balaban J connectivity index is 1.51. The van der Waals surface area contributed by atoms with Gasteiger partial charge >= 0.3 is 6.18 Å². The largest absolute Gasteiger partial charge is 0.491 e. The second-order valence-electron chi connectivity index (χ2n) is 8.16. The van der Waals surface area contributed by atoms with Crippen molar-refractivity contribution in [1.29, 1.82) is 0 Å². The second-order valence-corrected chi connectivity index (χ2v) is 10.4. The van der Waals surface area contributed by atoms with Gasteiger partial charge in [-0.2, -0.15) is 13.2 Å². The van der Waals surface area contributed by atoms with Gasteiger partial charge in [-0.3, -0.25) is 9.10 Å². The molecule has 4 rings (SSSR count). The fourth-order valence-electron chi connectivity index (χ4n) is 3.78. The molecule has 0 spiro atoms. The van der Waals surface area contributed by atoms with Crippen LogP contribution in [0.1, 0.15) is 5.56 Å². The number of hydrogen-bond acceptors (Lipinski definition) is 4. The second kappa shape index (κ2) is 11.3. The molecule has 0 aliphatic carbocycles. The number of ether oxygens (including phenoxy) is 1. The lowest BCUT2D eigenvalue weighted by atomic mass is 10.1. The molecule has 0 atom stereocenters. The molecule has 0 unspecified atom stereocenters. The van der Waals surface area contributed by atoms with E-state index in [0.29, 0.717) is 16.1 Å². The molecule has 0 heterocycles. The number of hydrogen-bond donors (Lipinski definition) is 1. The van der Waals surface area contributed by atoms with Gasteiger partial charge in [-0.05, 0) is 41.8 Å². The highest BCUT2D eigenvalue weighted by molar-refractivity contribution is 7.92. The summed E-state index contributed by atoms with van der Waals surface area (Å²) in [6.45, 7) is -0.634. The van der Waals surface area contributed by atoms with Crippen LogP contribution < -0.4 is 14.4 Å². The van der Waals surface area contributed by atoms with Crippen molar-refractivity contribution in [2.45, 2.75) is 11.1 Å². The Morgan fingerprint density at radius 1 is 0.921 bits per heavy atom. The molecule has 11 heteroatoms. The van der Waals surface area contributed by atoms with E-state index >= 15 is 0 Å². The molecule has 0 aliphatic heterocycles. The number of rotatable bonds is 9. The van der Waals surface area contributed by atoms with Crippen LogP contribution in [0.4, 0.5) is 18.9 Å². The minimum absolute atomic E-state index is 0.0374. The SMILES string of the molecule is O=C(CN(c1ccc(Cl)c(C(F)(F)F)c1)S(=O)(=O)c1ccccc1)NCCOc1cccc2ccccc12. The van der Waals surface area contributed by atoms with Gasteiger partial charge in [0.15, 0.2) is 0 Å². The first-order chi connectivity index (χ1) is 18.1. The van der Waals surface area contributed by atoms with E-state index in [-0.39, 0.29) is 23.7 Å². The molecule has 0 aromatic heterocycles. The van der Waals surface area contributed by atoms with Crippen molar-refractivity contribution in [1.82, 2.24) is 5.32 Å². The van der Waals surface area contributed by atoms with Crippen molar-refractivity contribution in [3.8, 4) is 5.75 Å². The Labute approximate surface area is 222 Å². The highest BCUT2D eigenvalue weighted by atomic mass is 35.5. The average Bonchev–Trinajstić information content (AvgIpc) is 2.90. The van der Waals surface area contributed by atoms with Crippen LogP contribution in [-0.4, -0.2) is 34.0 Å². The van der Waals surface area contributed by atoms with Gasteiger partial charge in [-0.1, -0.05) is 66.2 Å². The van der Waals surface area contributed by atoms with Crippen LogP contribution in [-0.2, 0) is 21.0 Å². The molecule has 0 bridgehead atoms. The molecule has 198 valence electrons. The zero-order valence-electron chi connectivity index (χ0n) is 19.8. The van der Waals surface area contributed by atoms with E-state index in [0.717, 1.165) is 22.9 Å². The number of anilines is 1. The number of carbonyl (C=O) groups is 1. The molecule has 38 heavy (non-hydrogen) atoms. The van der Waals surface area contributed by atoms with Crippen LogP contribution in [0.25, 0.3) is 10.8 Å². The molecule has 0 saturated heterocycles. The molecule has 0 saturated carbocycles. The lowest BCUT2D eigenvalue weighted by molar-refractivity contribution is -0.137. The maximum Gasteiger partial charge on any atom is 0.417 e. The predicted molar refractivity (Wildman–Crippen MR) is 140 cm³/mol. The predicted octanol–water partition coefficient (Wildman–Crippen LogP) is 5.90. The Bertz CT molecular complexity index is 1540. The van der Waals surface area contributed by atoms with Crippen molar-refractivity contribution in [2.24, 2.45) is 0 Å². The first-order valence-corrected chi connectivity index (χ1v) is 13.2. The minimum Gasteiger partial charge on any atom is -0.491 e. The summed E-state index contributed by atoms with van der Waals surface area (Å²) in [4.78, 5) is 12.6. The Morgan fingerprint density at radius 3 is 2.34 bits per heavy atom. The number of alkyl halides is 3. The maximum absolute atomic E-state index is 13.5. The first-order valence-electron chi connectivity index (χ1n) is 11.4. The van der Waals surface area contributed by atoms with Gasteiger partial charge < -0.3 is 10.1 Å². The lowest BCUT2D eigenvalue weighted by Gasteiger charge is -2.25. The average molecular weight is 563 g/mol. The van der Waals surface area contributed by atoms with Gasteiger partial charge in [0.05, 0.1) is 27.7 Å². The number of amides is 1. The lowest BCUT2D eigenvalue weighted by Crippen LogP contribution is -2.42. The number of nitrogens with zero attached hydrogens (tertiary/aromatic N) is 1. The van der Waals surface area contributed by atoms with Crippen molar-refractivity contribution in [3.63, 3.8) is 0 Å². The molecular weight excluding hydrogens is 541 g/mol. The van der Waals surface area contributed by atoms with Crippen LogP contribution in [0.3, 0.4) is 0 Å². The molecular formula is C27H22ClF3N2O4S. The summed E-state index contributed by atoms with van der Waals surface area (Å²) >= 11 is 5.71. The van der Waals surface area contributed by atoms with Crippen molar-refractivity contribution in [2.75, 3.05) is 24.0 Å². The monoisotopic (exact) mass is 562 g/mol. The van der Waals surface area contributed by atoms with Crippen LogP contribution in [0.5, 0.6) is 5.75 Å². The van der Waals surface area contributed by atoms with Crippen LogP contribution in [0.2, 0.25) is 5.02 Å². The molecule has 0 fully saturated rings. The smallest absolute Gasteiger partial charge is 0.417 e. The third kappa shape index (κ3) is 6.20. The zero-order chi connectivity index (χ0) is 27.3. The summed E-state index contributed by atoms with van der Waals surface area (Å²) in [6, 6.07) is 23.0.